The zero-order chi connectivity index (χ0) is 22.1. The Balaban J connectivity index is 1.54. The van der Waals surface area contributed by atoms with Gasteiger partial charge in [-0.05, 0) is 50.7 Å². The van der Waals surface area contributed by atoms with Gasteiger partial charge in [0.25, 0.3) is 0 Å². The van der Waals surface area contributed by atoms with Crippen molar-refractivity contribution >= 4 is 5.96 Å². The predicted molar refractivity (Wildman–Crippen MR) is 124 cm³/mol. The number of ether oxygens (including phenoxy) is 1. The van der Waals surface area contributed by atoms with Gasteiger partial charge >= 0.3 is 0 Å². The lowest BCUT2D eigenvalue weighted by atomic mass is 10.1. The van der Waals surface area contributed by atoms with Crippen molar-refractivity contribution in [1.29, 1.82) is 0 Å². The molecule has 2 aromatic carbocycles. The van der Waals surface area contributed by atoms with Gasteiger partial charge in [0.2, 0.25) is 0 Å². The fourth-order valence-corrected chi connectivity index (χ4v) is 3.86. The summed E-state index contributed by atoms with van der Waals surface area (Å²) in [7, 11) is 3.89. The molecule has 168 valence electrons. The molecule has 0 radical (unpaired) electrons. The van der Waals surface area contributed by atoms with Gasteiger partial charge in [-0.3, -0.25) is 0 Å². The van der Waals surface area contributed by atoms with E-state index < -0.39 is 0 Å². The number of likely N-dealkylation sites (tertiary alicyclic amines) is 1. The van der Waals surface area contributed by atoms with E-state index in [-0.39, 0.29) is 5.82 Å². The third-order valence-electron chi connectivity index (χ3n) is 5.39. The number of rotatable bonds is 9. The molecule has 1 aliphatic rings. The van der Waals surface area contributed by atoms with Gasteiger partial charge in [0.15, 0.2) is 5.96 Å². The maximum Gasteiger partial charge on any atom is 0.194 e. The van der Waals surface area contributed by atoms with E-state index in [2.05, 4.69) is 29.3 Å². The van der Waals surface area contributed by atoms with E-state index in [1.54, 1.807) is 6.07 Å². The first-order valence-electron chi connectivity index (χ1n) is 11.1. The molecule has 1 heterocycles. The minimum atomic E-state index is -0.161. The molecule has 0 aliphatic carbocycles. The quantitative estimate of drug-likeness (QED) is 0.488. The van der Waals surface area contributed by atoms with Crippen LogP contribution in [0.25, 0.3) is 0 Å². The van der Waals surface area contributed by atoms with Crippen molar-refractivity contribution in [2.45, 2.75) is 33.0 Å². The Morgan fingerprint density at radius 3 is 2.74 bits per heavy atom. The molecule has 1 N–H and O–H groups in total. The summed E-state index contributed by atoms with van der Waals surface area (Å²) in [6, 6.07) is 15.6. The monoisotopic (exact) mass is 426 g/mol. The fraction of sp³-hybridized carbons (Fsp3) is 0.480. The van der Waals surface area contributed by atoms with Gasteiger partial charge in [-0.15, -0.1) is 0 Å². The summed E-state index contributed by atoms with van der Waals surface area (Å²) in [6.45, 7) is 7.35. The van der Waals surface area contributed by atoms with Crippen LogP contribution in [0, 0.1) is 11.7 Å². The summed E-state index contributed by atoms with van der Waals surface area (Å²) < 4.78 is 20.0. The number of benzene rings is 2. The summed E-state index contributed by atoms with van der Waals surface area (Å²) in [5.41, 5.74) is 2.94. The van der Waals surface area contributed by atoms with E-state index in [0.29, 0.717) is 31.2 Å². The van der Waals surface area contributed by atoms with E-state index in [1.165, 1.54) is 5.56 Å². The third kappa shape index (κ3) is 7.33. The lowest BCUT2D eigenvalue weighted by molar-refractivity contribution is 0.0906. The maximum absolute atomic E-state index is 14.1. The smallest absolute Gasteiger partial charge is 0.194 e. The molecule has 1 saturated heterocycles. The Morgan fingerprint density at radius 1 is 1.19 bits per heavy atom. The first-order chi connectivity index (χ1) is 15.0. The molecule has 0 saturated carbocycles. The number of aliphatic imine (C=N–C) groups is 1. The first kappa shape index (κ1) is 23.2. The van der Waals surface area contributed by atoms with E-state index in [9.17, 15) is 4.39 Å². The second kappa shape index (κ2) is 11.8. The summed E-state index contributed by atoms with van der Waals surface area (Å²) in [5.74, 6) is 1.27. The van der Waals surface area contributed by atoms with Crippen LogP contribution in [0.4, 0.5) is 4.39 Å². The molecule has 1 aliphatic heterocycles. The van der Waals surface area contributed by atoms with Crippen molar-refractivity contribution in [2.24, 2.45) is 10.9 Å². The van der Waals surface area contributed by atoms with Gasteiger partial charge in [-0.2, -0.15) is 0 Å². The summed E-state index contributed by atoms with van der Waals surface area (Å²) >= 11 is 0. The normalized spacial score (nSPS) is 16.9. The van der Waals surface area contributed by atoms with Crippen molar-refractivity contribution in [2.75, 3.05) is 40.3 Å². The molecule has 31 heavy (non-hydrogen) atoms. The Labute approximate surface area is 185 Å². The van der Waals surface area contributed by atoms with Crippen LogP contribution in [0.3, 0.4) is 0 Å². The van der Waals surface area contributed by atoms with E-state index in [4.69, 9.17) is 9.73 Å². The number of halogens is 1. The average molecular weight is 427 g/mol. The lowest BCUT2D eigenvalue weighted by Crippen LogP contribution is -2.40. The summed E-state index contributed by atoms with van der Waals surface area (Å²) in [5, 5.41) is 3.41. The highest BCUT2D eigenvalue weighted by molar-refractivity contribution is 5.80. The molecule has 3 rings (SSSR count). The van der Waals surface area contributed by atoms with Crippen LogP contribution in [-0.2, 0) is 24.4 Å². The molecule has 0 spiro atoms. The van der Waals surface area contributed by atoms with Crippen LogP contribution < -0.4 is 5.32 Å². The molecule has 6 heteroatoms. The molecule has 0 bridgehead atoms. The van der Waals surface area contributed by atoms with Gasteiger partial charge in [0.1, 0.15) is 5.82 Å². The SMILES string of the molecule is CCNC(=NCc1ccc(F)c(CN(C)C)c1)N1CCC(COCc2ccccc2)C1. The van der Waals surface area contributed by atoms with Crippen molar-refractivity contribution in [3.63, 3.8) is 0 Å². The minimum absolute atomic E-state index is 0.161. The van der Waals surface area contributed by atoms with Gasteiger partial charge in [0.05, 0.1) is 19.8 Å². The van der Waals surface area contributed by atoms with Gasteiger partial charge < -0.3 is 19.9 Å². The zero-order valence-electron chi connectivity index (χ0n) is 19.0. The zero-order valence-corrected chi connectivity index (χ0v) is 19.0. The Hall–Kier alpha value is -2.44. The second-order valence-electron chi connectivity index (χ2n) is 8.44. The summed E-state index contributed by atoms with van der Waals surface area (Å²) in [6.07, 6.45) is 1.10. The van der Waals surface area contributed by atoms with Crippen LogP contribution in [0.1, 0.15) is 30.0 Å². The average Bonchev–Trinajstić information content (AvgIpc) is 3.22. The van der Waals surface area contributed by atoms with Gasteiger partial charge in [-0.1, -0.05) is 36.4 Å². The predicted octanol–water partition coefficient (Wildman–Crippen LogP) is 3.89. The first-order valence-corrected chi connectivity index (χ1v) is 11.1. The van der Waals surface area contributed by atoms with E-state index in [0.717, 1.165) is 44.2 Å². The maximum atomic E-state index is 14.1. The lowest BCUT2D eigenvalue weighted by Gasteiger charge is -2.22. The highest BCUT2D eigenvalue weighted by Crippen LogP contribution is 2.18. The number of hydrogen-bond acceptors (Lipinski definition) is 3. The highest BCUT2D eigenvalue weighted by Gasteiger charge is 2.25. The topological polar surface area (TPSA) is 40.1 Å². The molecule has 5 nitrogen and oxygen atoms in total. The number of nitrogens with zero attached hydrogens (tertiary/aromatic N) is 3. The minimum Gasteiger partial charge on any atom is -0.376 e. The van der Waals surface area contributed by atoms with E-state index in [1.807, 2.05) is 49.3 Å². The molecule has 0 amide bonds. The Bertz CT molecular complexity index is 841. The molecular formula is C25H35FN4O. The molecule has 1 atom stereocenters. The van der Waals surface area contributed by atoms with Gasteiger partial charge in [-0.25, -0.2) is 9.38 Å². The second-order valence-corrected chi connectivity index (χ2v) is 8.44. The largest absolute Gasteiger partial charge is 0.376 e. The van der Waals surface area contributed by atoms with Crippen molar-refractivity contribution in [1.82, 2.24) is 15.1 Å². The van der Waals surface area contributed by atoms with Crippen molar-refractivity contribution < 1.29 is 9.13 Å². The molecule has 1 unspecified atom stereocenters. The number of hydrogen-bond donors (Lipinski definition) is 1. The van der Waals surface area contributed by atoms with Crippen molar-refractivity contribution in [3.05, 3.63) is 71.0 Å². The van der Waals surface area contributed by atoms with Gasteiger partial charge in [0, 0.05) is 37.7 Å². The molecule has 1 fully saturated rings. The van der Waals surface area contributed by atoms with Crippen LogP contribution in [-0.4, -0.2) is 56.1 Å². The molecule has 0 aromatic heterocycles. The van der Waals surface area contributed by atoms with Crippen LogP contribution >= 0.6 is 0 Å². The van der Waals surface area contributed by atoms with E-state index >= 15 is 0 Å². The number of guanidine groups is 1. The van der Waals surface area contributed by atoms with Crippen LogP contribution in [0.5, 0.6) is 0 Å². The van der Waals surface area contributed by atoms with Crippen LogP contribution in [0.2, 0.25) is 0 Å². The van der Waals surface area contributed by atoms with Crippen LogP contribution in [0.15, 0.2) is 53.5 Å². The third-order valence-corrected chi connectivity index (χ3v) is 5.39. The Morgan fingerprint density at radius 2 is 2.00 bits per heavy atom. The summed E-state index contributed by atoms with van der Waals surface area (Å²) in [4.78, 5) is 9.11. The number of nitrogens with one attached hydrogen (secondary N) is 1. The highest BCUT2D eigenvalue weighted by atomic mass is 19.1. The van der Waals surface area contributed by atoms with Crippen molar-refractivity contribution in [3.8, 4) is 0 Å². The Kier molecular flexibility index (Phi) is 8.85. The fourth-order valence-electron chi connectivity index (χ4n) is 3.86. The molecule has 2 aromatic rings. The standard InChI is InChI=1S/C25H35FN4O/c1-4-27-25(28-15-21-10-11-24(26)23(14-21)17-29(2)3)30-13-12-22(16-30)19-31-18-20-8-6-5-7-9-20/h5-11,14,22H,4,12-13,15-19H2,1-3H3,(H,27,28). The molecular weight excluding hydrogens is 391 g/mol.